The van der Waals surface area contributed by atoms with Crippen LogP contribution < -0.4 is 4.90 Å². The Bertz CT molecular complexity index is 440. The van der Waals surface area contributed by atoms with Gasteiger partial charge >= 0.3 is 0 Å². The molecule has 0 saturated heterocycles. The van der Waals surface area contributed by atoms with Crippen LogP contribution in [0.4, 0.5) is 5.69 Å². The quantitative estimate of drug-likeness (QED) is 0.339. The Morgan fingerprint density at radius 3 is 2.72 bits per heavy atom. The number of hydrogen-bond donors (Lipinski definition) is 1. The van der Waals surface area contributed by atoms with E-state index in [2.05, 4.69) is 15.1 Å². The Hall–Kier alpha value is -2.40. The minimum absolute atomic E-state index is 0.170. The third-order valence-electron chi connectivity index (χ3n) is 2.29. The van der Waals surface area contributed by atoms with Gasteiger partial charge in [-0.25, -0.2) is 5.53 Å². The summed E-state index contributed by atoms with van der Waals surface area (Å²) in [7, 11) is 0. The van der Waals surface area contributed by atoms with Crippen LogP contribution >= 0.6 is 0 Å². The van der Waals surface area contributed by atoms with Crippen LogP contribution in [-0.2, 0) is 4.79 Å². The van der Waals surface area contributed by atoms with Crippen LogP contribution in [0.1, 0.15) is 6.42 Å². The molecule has 0 unspecified atom stereocenters. The molecule has 1 N–H and O–H groups in total. The Labute approximate surface area is 105 Å². The molecule has 1 amide bonds. The molecule has 1 aromatic rings. The Morgan fingerprint density at radius 1 is 1.39 bits per heavy atom. The highest BCUT2D eigenvalue weighted by Gasteiger charge is 2.14. The van der Waals surface area contributed by atoms with Crippen molar-refractivity contribution in [1.29, 1.82) is 5.53 Å². The highest BCUT2D eigenvalue weighted by Crippen LogP contribution is 2.14. The van der Waals surface area contributed by atoms with E-state index in [4.69, 9.17) is 11.1 Å². The molecule has 1 aromatic carbocycles. The monoisotopic (exact) mass is 246 g/mol. The Balaban J connectivity index is 2.72. The van der Waals surface area contributed by atoms with Crippen molar-refractivity contribution in [3.63, 3.8) is 0 Å². The van der Waals surface area contributed by atoms with E-state index in [0.717, 1.165) is 5.69 Å². The molecule has 0 spiro atoms. The Kier molecular flexibility index (Phi) is 5.93. The zero-order chi connectivity index (χ0) is 13.2. The zero-order valence-corrected chi connectivity index (χ0v) is 9.86. The van der Waals surface area contributed by atoms with Crippen molar-refractivity contribution in [3.8, 4) is 0 Å². The molecular formula is C11H14N6O. The maximum Gasteiger partial charge on any atom is 0.250 e. The predicted molar refractivity (Wildman–Crippen MR) is 67.4 cm³/mol. The van der Waals surface area contributed by atoms with Crippen LogP contribution in [0.25, 0.3) is 10.4 Å². The molecule has 94 valence electrons. The van der Waals surface area contributed by atoms with Gasteiger partial charge in [-0.15, -0.1) is 0 Å². The molecule has 0 bridgehead atoms. The van der Waals surface area contributed by atoms with Gasteiger partial charge < -0.3 is 4.90 Å². The highest BCUT2D eigenvalue weighted by atomic mass is 16.2. The third kappa shape index (κ3) is 4.23. The summed E-state index contributed by atoms with van der Waals surface area (Å²) in [6.07, 6.45) is 0.572. The van der Waals surface area contributed by atoms with Crippen molar-refractivity contribution in [2.24, 2.45) is 10.2 Å². The lowest BCUT2D eigenvalue weighted by Gasteiger charge is -2.21. The van der Waals surface area contributed by atoms with Crippen LogP contribution in [0.5, 0.6) is 0 Å². The van der Waals surface area contributed by atoms with Crippen molar-refractivity contribution in [2.45, 2.75) is 6.42 Å². The molecule has 7 nitrogen and oxygen atoms in total. The fraction of sp³-hybridized carbons (Fsp3) is 0.364. The second kappa shape index (κ2) is 7.81. The van der Waals surface area contributed by atoms with Crippen LogP contribution in [0, 0.1) is 5.53 Å². The summed E-state index contributed by atoms with van der Waals surface area (Å²) < 4.78 is 0. The van der Waals surface area contributed by atoms with E-state index in [1.54, 1.807) is 4.90 Å². The molecule has 0 heterocycles. The van der Waals surface area contributed by atoms with E-state index in [1.807, 2.05) is 30.3 Å². The fourth-order valence-electron chi connectivity index (χ4n) is 1.50. The van der Waals surface area contributed by atoms with Gasteiger partial charge in [0.25, 0.3) is 5.91 Å². The molecule has 0 atom stereocenters. The lowest BCUT2D eigenvalue weighted by molar-refractivity contribution is -0.117. The SMILES string of the molecule is [N-]=[N+]=NCCCN(C(=O)CN=N)c1ccccc1. The second-order valence-corrected chi connectivity index (χ2v) is 3.51. The van der Waals surface area contributed by atoms with Crippen molar-refractivity contribution >= 4 is 11.6 Å². The molecule has 18 heavy (non-hydrogen) atoms. The zero-order valence-electron chi connectivity index (χ0n) is 9.86. The van der Waals surface area contributed by atoms with E-state index in [1.165, 1.54) is 0 Å². The van der Waals surface area contributed by atoms with Gasteiger partial charge in [-0.3, -0.25) is 4.79 Å². The molecule has 1 rings (SSSR count). The number of amides is 1. The smallest absolute Gasteiger partial charge is 0.250 e. The van der Waals surface area contributed by atoms with Gasteiger partial charge in [-0.2, -0.15) is 5.11 Å². The average molecular weight is 246 g/mol. The molecule has 0 saturated carbocycles. The molecular weight excluding hydrogens is 232 g/mol. The number of rotatable bonds is 7. The van der Waals surface area contributed by atoms with E-state index in [-0.39, 0.29) is 12.5 Å². The minimum Gasteiger partial charge on any atom is -0.311 e. The number of nitrogens with zero attached hydrogens (tertiary/aromatic N) is 5. The molecule has 0 aromatic heterocycles. The molecule has 0 aliphatic rings. The number of carbonyl (C=O) groups is 1. The lowest BCUT2D eigenvalue weighted by atomic mass is 10.2. The van der Waals surface area contributed by atoms with E-state index in [0.29, 0.717) is 19.5 Å². The first-order valence-electron chi connectivity index (χ1n) is 5.49. The topological polar surface area (TPSA) is 105 Å². The van der Waals surface area contributed by atoms with Gasteiger partial charge in [0.05, 0.1) is 0 Å². The highest BCUT2D eigenvalue weighted by molar-refractivity contribution is 5.94. The number of benzene rings is 1. The first-order chi connectivity index (χ1) is 8.79. The summed E-state index contributed by atoms with van der Waals surface area (Å²) >= 11 is 0. The van der Waals surface area contributed by atoms with Gasteiger partial charge in [0, 0.05) is 23.7 Å². The molecule has 0 radical (unpaired) electrons. The molecule has 0 aliphatic heterocycles. The van der Waals surface area contributed by atoms with Crippen molar-refractivity contribution in [2.75, 3.05) is 24.5 Å². The first-order valence-corrected chi connectivity index (χ1v) is 5.49. The van der Waals surface area contributed by atoms with E-state index < -0.39 is 0 Å². The molecule has 0 aliphatic carbocycles. The lowest BCUT2D eigenvalue weighted by Crippen LogP contribution is -2.33. The molecule has 7 heteroatoms. The summed E-state index contributed by atoms with van der Waals surface area (Å²) in [6, 6.07) is 9.16. The summed E-state index contributed by atoms with van der Waals surface area (Å²) in [6.45, 7) is 0.610. The number of para-hydroxylation sites is 1. The number of anilines is 1. The third-order valence-corrected chi connectivity index (χ3v) is 2.29. The summed E-state index contributed by atoms with van der Waals surface area (Å²) in [5.41, 5.74) is 15.7. The molecule has 0 fully saturated rings. The maximum atomic E-state index is 11.8. The Morgan fingerprint density at radius 2 is 2.11 bits per heavy atom. The van der Waals surface area contributed by atoms with Gasteiger partial charge in [-0.05, 0) is 24.1 Å². The summed E-state index contributed by atoms with van der Waals surface area (Å²) in [5.74, 6) is -0.239. The van der Waals surface area contributed by atoms with Crippen LogP contribution in [0.2, 0.25) is 0 Å². The first kappa shape index (κ1) is 13.7. The van der Waals surface area contributed by atoms with Gasteiger partial charge in [0.1, 0.15) is 6.54 Å². The largest absolute Gasteiger partial charge is 0.311 e. The number of nitrogens with one attached hydrogen (secondary N) is 1. The van der Waals surface area contributed by atoms with Crippen LogP contribution in [0.3, 0.4) is 0 Å². The van der Waals surface area contributed by atoms with Gasteiger partial charge in [-0.1, -0.05) is 23.3 Å². The fourth-order valence-corrected chi connectivity index (χ4v) is 1.50. The standard InChI is InChI=1S/C11H14N6O/c12-14-9-11(18)17(8-4-7-15-16-13)10-5-2-1-3-6-10/h1-3,5-6,12H,4,7-9H2. The van der Waals surface area contributed by atoms with Crippen molar-refractivity contribution in [3.05, 3.63) is 40.8 Å². The van der Waals surface area contributed by atoms with Crippen LogP contribution in [0.15, 0.2) is 40.6 Å². The average Bonchev–Trinajstić information content (AvgIpc) is 2.40. The predicted octanol–water partition coefficient (Wildman–Crippen LogP) is 2.75. The summed E-state index contributed by atoms with van der Waals surface area (Å²) in [5, 5.41) is 6.53. The number of azide groups is 1. The van der Waals surface area contributed by atoms with Crippen molar-refractivity contribution in [1.82, 2.24) is 0 Å². The normalized spacial score (nSPS) is 9.33. The van der Waals surface area contributed by atoms with E-state index >= 15 is 0 Å². The number of carbonyl (C=O) groups excluding carboxylic acids is 1. The maximum absolute atomic E-state index is 11.8. The van der Waals surface area contributed by atoms with Crippen molar-refractivity contribution < 1.29 is 4.79 Å². The van der Waals surface area contributed by atoms with E-state index in [9.17, 15) is 4.79 Å². The van der Waals surface area contributed by atoms with Crippen LogP contribution in [-0.4, -0.2) is 25.5 Å². The number of hydrogen-bond acceptors (Lipinski definition) is 4. The second-order valence-electron chi connectivity index (χ2n) is 3.51. The van der Waals surface area contributed by atoms with Gasteiger partial charge in [0.2, 0.25) is 0 Å². The summed E-state index contributed by atoms with van der Waals surface area (Å²) in [4.78, 5) is 16.0. The minimum atomic E-state index is -0.239. The van der Waals surface area contributed by atoms with Gasteiger partial charge in [0.15, 0.2) is 0 Å².